The van der Waals surface area contributed by atoms with Crippen molar-refractivity contribution in [1.82, 2.24) is 9.13 Å². The molecular formula is C63H34N4OS2. The average molecular weight is 927 g/mol. The number of rotatable bonds is 4. The number of nitriles is 1. The molecule has 0 fully saturated rings. The van der Waals surface area contributed by atoms with Crippen LogP contribution in [-0.2, 0) is 0 Å². The van der Waals surface area contributed by atoms with E-state index in [0.29, 0.717) is 22.5 Å². The molecule has 0 atom stereocenters. The minimum Gasteiger partial charge on any atom is -0.454 e. The smallest absolute Gasteiger partial charge is 0.221 e. The maximum Gasteiger partial charge on any atom is 0.221 e. The molecule has 70 heavy (non-hydrogen) atoms. The Kier molecular flexibility index (Phi) is 8.10. The van der Waals surface area contributed by atoms with E-state index >= 15 is 0 Å². The van der Waals surface area contributed by atoms with E-state index in [9.17, 15) is 11.8 Å². The van der Waals surface area contributed by atoms with Gasteiger partial charge in [0.05, 0.1) is 55.0 Å². The number of hydrogen-bond donors (Lipinski definition) is 0. The summed E-state index contributed by atoms with van der Waals surface area (Å²) in [5.41, 5.74) is 11.8. The van der Waals surface area contributed by atoms with Crippen LogP contribution in [0.3, 0.4) is 0 Å². The van der Waals surface area contributed by atoms with Gasteiger partial charge in [-0.25, -0.2) is 4.85 Å². The highest BCUT2D eigenvalue weighted by Gasteiger charge is 2.34. The van der Waals surface area contributed by atoms with E-state index in [0.717, 1.165) is 103 Å². The summed E-state index contributed by atoms with van der Waals surface area (Å²) in [6.45, 7) is 11.7. The van der Waals surface area contributed by atoms with Crippen LogP contribution >= 0.6 is 22.7 Å². The first kappa shape index (κ1) is 39.1. The van der Waals surface area contributed by atoms with Crippen LogP contribution in [0, 0.1) is 24.8 Å². The van der Waals surface area contributed by atoms with Gasteiger partial charge in [0.25, 0.3) is 0 Å². The third kappa shape index (κ3) is 5.12. The van der Waals surface area contributed by atoms with Crippen molar-refractivity contribution >= 4 is 134 Å². The number of benzene rings is 10. The highest BCUT2D eigenvalue weighted by Crippen LogP contribution is 2.55. The predicted octanol–water partition coefficient (Wildman–Crippen LogP) is 18.6. The van der Waals surface area contributed by atoms with Crippen LogP contribution in [0.15, 0.2) is 192 Å². The average Bonchev–Trinajstić information content (AvgIpc) is 4.23. The Morgan fingerprint density at radius 2 is 1.03 bits per heavy atom. The molecule has 15 aromatic rings. The number of nitrogens with zero attached hydrogens (tertiary/aromatic N) is 4. The summed E-state index contributed by atoms with van der Waals surface area (Å²) in [6, 6.07) is 68.8. The Labute approximate surface area is 407 Å². The fourth-order valence-corrected chi connectivity index (χ4v) is 14.1. The first-order valence-corrected chi connectivity index (χ1v) is 24.9. The van der Waals surface area contributed by atoms with E-state index in [2.05, 4.69) is 173 Å². The third-order valence-corrected chi connectivity index (χ3v) is 16.9. The van der Waals surface area contributed by atoms with E-state index in [1.807, 2.05) is 42.5 Å². The van der Waals surface area contributed by atoms with E-state index in [4.69, 9.17) is 4.42 Å². The molecule has 0 amide bonds. The van der Waals surface area contributed by atoms with Gasteiger partial charge in [-0.2, -0.15) is 5.26 Å². The van der Waals surface area contributed by atoms with Gasteiger partial charge in [-0.3, -0.25) is 0 Å². The van der Waals surface area contributed by atoms with E-state index in [-0.39, 0.29) is 0 Å². The van der Waals surface area contributed by atoms with Crippen LogP contribution in [-0.4, -0.2) is 9.13 Å². The lowest BCUT2D eigenvalue weighted by Crippen LogP contribution is -2.08. The fourth-order valence-electron chi connectivity index (χ4n) is 11.6. The molecule has 0 aliphatic heterocycles. The predicted molar refractivity (Wildman–Crippen MR) is 295 cm³/mol. The van der Waals surface area contributed by atoms with Crippen molar-refractivity contribution in [2.24, 2.45) is 0 Å². The summed E-state index contributed by atoms with van der Waals surface area (Å²) < 4.78 is 16.2. The van der Waals surface area contributed by atoms with Crippen molar-refractivity contribution < 1.29 is 4.42 Å². The van der Waals surface area contributed by atoms with Crippen LogP contribution in [0.5, 0.6) is 0 Å². The molecule has 324 valence electrons. The lowest BCUT2D eigenvalue weighted by Gasteiger charge is -2.26. The minimum atomic E-state index is 0.382. The van der Waals surface area contributed by atoms with Crippen molar-refractivity contribution in [3.63, 3.8) is 0 Å². The third-order valence-electron chi connectivity index (χ3n) is 14.5. The first-order chi connectivity index (χ1) is 34.6. The molecular weight excluding hydrogens is 893 g/mol. The number of hydrogen-bond acceptors (Lipinski definition) is 4. The molecule has 5 heterocycles. The number of para-hydroxylation sites is 1. The van der Waals surface area contributed by atoms with Crippen LogP contribution < -0.4 is 0 Å². The van der Waals surface area contributed by atoms with Gasteiger partial charge in [0.2, 0.25) is 5.69 Å². The van der Waals surface area contributed by atoms with Crippen LogP contribution in [0.1, 0.15) is 11.1 Å². The van der Waals surface area contributed by atoms with Gasteiger partial charge in [0.1, 0.15) is 11.7 Å². The Morgan fingerprint density at radius 1 is 0.486 bits per heavy atom. The fraction of sp³-hybridized carbons (Fsp3) is 0.0159. The summed E-state index contributed by atoms with van der Waals surface area (Å²) in [7, 11) is 0. The second kappa shape index (κ2) is 14.5. The lowest BCUT2D eigenvalue weighted by molar-refractivity contribution is 0.671. The summed E-state index contributed by atoms with van der Waals surface area (Å²) in [5.74, 6) is 0. The van der Waals surface area contributed by atoms with Crippen LogP contribution in [0.4, 0.5) is 5.69 Å². The van der Waals surface area contributed by atoms with Crippen molar-refractivity contribution in [3.8, 4) is 39.7 Å². The van der Waals surface area contributed by atoms with E-state index < -0.39 is 0 Å². The molecule has 0 saturated heterocycles. The van der Waals surface area contributed by atoms with Gasteiger partial charge in [-0.15, -0.1) is 22.7 Å². The maximum absolute atomic E-state index is 12.3. The molecule has 5 aromatic heterocycles. The number of furan rings is 1. The van der Waals surface area contributed by atoms with Crippen molar-refractivity contribution in [2.75, 3.05) is 0 Å². The van der Waals surface area contributed by atoms with Gasteiger partial charge in [-0.1, -0.05) is 158 Å². The quantitative estimate of drug-likeness (QED) is 0.165. The van der Waals surface area contributed by atoms with Crippen molar-refractivity contribution in [2.45, 2.75) is 6.92 Å². The van der Waals surface area contributed by atoms with Crippen LogP contribution in [0.2, 0.25) is 0 Å². The molecule has 5 nitrogen and oxygen atoms in total. The van der Waals surface area contributed by atoms with Crippen molar-refractivity contribution in [3.05, 3.63) is 211 Å². The Hall–Kier alpha value is -8.98. The van der Waals surface area contributed by atoms with Gasteiger partial charge < -0.3 is 13.6 Å². The van der Waals surface area contributed by atoms with Gasteiger partial charge in [0.15, 0.2) is 5.58 Å². The number of thiophene rings is 2. The number of aromatic nitrogens is 2. The zero-order valence-corrected chi connectivity index (χ0v) is 39.0. The summed E-state index contributed by atoms with van der Waals surface area (Å²) in [4.78, 5) is 4.67. The second-order valence-corrected chi connectivity index (χ2v) is 20.2. The second-order valence-electron chi connectivity index (χ2n) is 18.1. The standard InChI is InChI=1S/C63H34N4OS2/c1-35-16-15-24-48-52(35)46-33-30-43-38-21-9-12-25-49(38)68-61(43)57(46)66(48)56-47(34-64)53(36-17-5-3-6-18-36)60(54(55(56)65-2)37-19-7-4-8-20-37)67-58-41(28-31-44-39-22-10-13-26-50(39)69-62(44)58)42-29-32-45-40-23-11-14-27-51(40)70-63(45)59(42)67/h3-33H,1H3. The zero-order chi connectivity index (χ0) is 46.4. The molecule has 15 rings (SSSR count). The van der Waals surface area contributed by atoms with E-state index in [1.54, 1.807) is 22.7 Å². The Morgan fingerprint density at radius 3 is 1.66 bits per heavy atom. The Balaban J connectivity index is 1.24. The van der Waals surface area contributed by atoms with Crippen LogP contribution in [0.25, 0.3) is 144 Å². The first-order valence-electron chi connectivity index (χ1n) is 23.3. The molecule has 0 aliphatic carbocycles. The monoisotopic (exact) mass is 926 g/mol. The van der Waals surface area contributed by atoms with E-state index in [1.165, 1.54) is 30.9 Å². The molecule has 0 unspecified atom stereocenters. The number of aryl methyl sites for hydroxylation is 1. The lowest BCUT2D eigenvalue weighted by atomic mass is 9.88. The molecule has 0 bridgehead atoms. The molecule has 10 aromatic carbocycles. The summed E-state index contributed by atoms with van der Waals surface area (Å²) in [6.07, 6.45) is 0. The maximum atomic E-state index is 12.3. The normalized spacial score (nSPS) is 12.0. The summed E-state index contributed by atoms with van der Waals surface area (Å²) in [5, 5.41) is 23.3. The minimum absolute atomic E-state index is 0.382. The molecule has 0 radical (unpaired) electrons. The summed E-state index contributed by atoms with van der Waals surface area (Å²) >= 11 is 3.60. The number of fused-ring (bicyclic) bond motifs is 18. The van der Waals surface area contributed by atoms with Crippen molar-refractivity contribution in [1.29, 1.82) is 5.26 Å². The molecule has 7 heteroatoms. The molecule has 0 saturated carbocycles. The molecule has 0 N–H and O–H groups in total. The SMILES string of the molecule is [C-]#[N+]c1c(-c2ccccc2)c(-n2c3c(ccc4c5ccccc5sc43)c3ccc4c5ccccc5sc4c32)c(-c2ccccc2)c(C#N)c1-n1c2cccc(C)c2c2ccc3c4ccccc4oc3c21. The van der Waals surface area contributed by atoms with Gasteiger partial charge in [-0.05, 0) is 53.9 Å². The van der Waals surface area contributed by atoms with Gasteiger partial charge in [0, 0.05) is 74.4 Å². The Bertz CT molecular complexity index is 4650. The topological polar surface area (TPSA) is 51.1 Å². The zero-order valence-electron chi connectivity index (χ0n) is 37.4. The molecule has 0 aliphatic rings. The largest absolute Gasteiger partial charge is 0.454 e. The molecule has 0 spiro atoms. The highest BCUT2D eigenvalue weighted by atomic mass is 32.1. The highest BCUT2D eigenvalue weighted by molar-refractivity contribution is 7.27. The van der Waals surface area contributed by atoms with Gasteiger partial charge >= 0.3 is 0 Å².